The zero-order valence-electron chi connectivity index (χ0n) is 20.9. The number of aromatic nitrogens is 1. The molecule has 1 heterocycles. The molecule has 0 bridgehead atoms. The number of ether oxygens (including phenoxy) is 1. The molecule has 5 rings (SSSR count). The first-order chi connectivity index (χ1) is 18.1. The van der Waals surface area contributed by atoms with Gasteiger partial charge in [-0.1, -0.05) is 30.3 Å². The second-order valence-corrected chi connectivity index (χ2v) is 9.76. The summed E-state index contributed by atoms with van der Waals surface area (Å²) in [4.78, 5) is 20.1. The van der Waals surface area contributed by atoms with Crippen molar-refractivity contribution in [3.05, 3.63) is 107 Å². The van der Waals surface area contributed by atoms with E-state index in [0.29, 0.717) is 24.0 Å². The molecule has 0 saturated heterocycles. The van der Waals surface area contributed by atoms with Crippen LogP contribution in [0.25, 0.3) is 10.9 Å². The summed E-state index contributed by atoms with van der Waals surface area (Å²) in [5.41, 5.74) is 4.54. The summed E-state index contributed by atoms with van der Waals surface area (Å²) in [6.07, 6.45) is -3.51. The van der Waals surface area contributed by atoms with Crippen LogP contribution in [0.2, 0.25) is 0 Å². The summed E-state index contributed by atoms with van der Waals surface area (Å²) in [6.45, 7) is 4.02. The van der Waals surface area contributed by atoms with Gasteiger partial charge in [0, 0.05) is 34.8 Å². The van der Waals surface area contributed by atoms with Crippen molar-refractivity contribution in [1.82, 2.24) is 9.88 Å². The third-order valence-electron chi connectivity index (χ3n) is 7.20. The standard InChI is InChI=1S/C30H26F4N2O2/c1-18-13-24-14-21(9-12-28(24)35-19(18)2)29(37)36(17-22-5-3-4-6-27(22)31)25-15-23(16-25)20-7-10-26(11-8-20)38-30(32,33)34/h3-14,23,25H,15-17H2,1-2H3. The molecule has 1 aromatic heterocycles. The van der Waals surface area contributed by atoms with Gasteiger partial charge in [-0.2, -0.15) is 0 Å². The molecule has 1 saturated carbocycles. The summed E-state index contributed by atoms with van der Waals surface area (Å²) in [5.74, 6) is -0.784. The van der Waals surface area contributed by atoms with Crippen molar-refractivity contribution in [3.8, 4) is 5.75 Å². The van der Waals surface area contributed by atoms with Crippen molar-refractivity contribution in [1.29, 1.82) is 0 Å². The Morgan fingerprint density at radius 2 is 1.71 bits per heavy atom. The highest BCUT2D eigenvalue weighted by atomic mass is 19.4. The predicted molar refractivity (Wildman–Crippen MR) is 136 cm³/mol. The Morgan fingerprint density at radius 1 is 1.00 bits per heavy atom. The third kappa shape index (κ3) is 5.49. The number of carbonyl (C=O) groups is 1. The number of hydrogen-bond acceptors (Lipinski definition) is 3. The lowest BCUT2D eigenvalue weighted by Crippen LogP contribution is -2.46. The SMILES string of the molecule is Cc1cc2cc(C(=O)N(Cc3ccccc3F)C3CC(c4ccc(OC(F)(F)F)cc4)C3)ccc2nc1C. The molecular formula is C30H26F4N2O2. The number of rotatable bonds is 6. The lowest BCUT2D eigenvalue weighted by molar-refractivity contribution is -0.274. The first-order valence-corrected chi connectivity index (χ1v) is 12.4. The van der Waals surface area contributed by atoms with Crippen LogP contribution >= 0.6 is 0 Å². The molecule has 4 nitrogen and oxygen atoms in total. The fourth-order valence-electron chi connectivity index (χ4n) is 4.91. The number of benzene rings is 3. The number of aryl methyl sites for hydroxylation is 2. The van der Waals surface area contributed by atoms with Gasteiger partial charge in [-0.05, 0) is 86.2 Å². The molecule has 0 spiro atoms. The van der Waals surface area contributed by atoms with E-state index in [1.165, 1.54) is 18.2 Å². The van der Waals surface area contributed by atoms with Crippen molar-refractivity contribution < 1.29 is 27.1 Å². The number of nitrogens with zero attached hydrogens (tertiary/aromatic N) is 2. The second-order valence-electron chi connectivity index (χ2n) is 9.76. The number of amides is 1. The Labute approximate surface area is 217 Å². The zero-order valence-corrected chi connectivity index (χ0v) is 20.9. The van der Waals surface area contributed by atoms with Gasteiger partial charge in [0.15, 0.2) is 0 Å². The van der Waals surface area contributed by atoms with Crippen LogP contribution < -0.4 is 4.74 Å². The average Bonchev–Trinajstić information content (AvgIpc) is 2.84. The van der Waals surface area contributed by atoms with Crippen LogP contribution in [0.1, 0.15) is 51.5 Å². The summed E-state index contributed by atoms with van der Waals surface area (Å²) in [5, 5.41) is 0.859. The molecule has 0 radical (unpaired) electrons. The molecule has 1 amide bonds. The minimum atomic E-state index is -4.74. The Balaban J connectivity index is 1.38. The average molecular weight is 523 g/mol. The van der Waals surface area contributed by atoms with Crippen molar-refractivity contribution in [3.63, 3.8) is 0 Å². The summed E-state index contributed by atoms with van der Waals surface area (Å²) in [6, 6.07) is 19.5. The molecule has 0 aliphatic heterocycles. The van der Waals surface area contributed by atoms with Gasteiger partial charge in [0.2, 0.25) is 0 Å². The van der Waals surface area contributed by atoms with E-state index in [1.54, 1.807) is 41.3 Å². The number of alkyl halides is 3. The highest BCUT2D eigenvalue weighted by Gasteiger charge is 2.38. The fourth-order valence-corrected chi connectivity index (χ4v) is 4.91. The van der Waals surface area contributed by atoms with Crippen LogP contribution in [-0.2, 0) is 6.54 Å². The highest BCUT2D eigenvalue weighted by Crippen LogP contribution is 2.41. The minimum absolute atomic E-state index is 0.0716. The Hall–Kier alpha value is -3.94. The van der Waals surface area contributed by atoms with E-state index in [9.17, 15) is 22.4 Å². The molecule has 1 aliphatic carbocycles. The Morgan fingerprint density at radius 3 is 2.39 bits per heavy atom. The first-order valence-electron chi connectivity index (χ1n) is 12.4. The van der Waals surface area contributed by atoms with E-state index >= 15 is 0 Å². The Kier molecular flexibility index (Phi) is 6.82. The molecule has 3 aromatic carbocycles. The van der Waals surface area contributed by atoms with Gasteiger partial charge in [-0.25, -0.2) is 4.39 Å². The second kappa shape index (κ2) is 10.1. The molecule has 1 fully saturated rings. The molecule has 0 atom stereocenters. The van der Waals surface area contributed by atoms with Gasteiger partial charge < -0.3 is 9.64 Å². The van der Waals surface area contributed by atoms with Crippen LogP contribution in [0.5, 0.6) is 5.75 Å². The maximum atomic E-state index is 14.6. The lowest BCUT2D eigenvalue weighted by atomic mass is 9.74. The van der Waals surface area contributed by atoms with Crippen LogP contribution in [0.3, 0.4) is 0 Å². The number of pyridine rings is 1. The number of carbonyl (C=O) groups excluding carboxylic acids is 1. The third-order valence-corrected chi connectivity index (χ3v) is 7.20. The van der Waals surface area contributed by atoms with Gasteiger partial charge in [-0.3, -0.25) is 9.78 Å². The first kappa shape index (κ1) is 25.7. The zero-order chi connectivity index (χ0) is 27.0. The van der Waals surface area contributed by atoms with Crippen molar-refractivity contribution in [2.24, 2.45) is 0 Å². The molecule has 0 unspecified atom stereocenters. The van der Waals surface area contributed by atoms with Crippen molar-refractivity contribution in [2.75, 3.05) is 0 Å². The van der Waals surface area contributed by atoms with Crippen molar-refractivity contribution in [2.45, 2.75) is 51.6 Å². The molecule has 8 heteroatoms. The van der Waals surface area contributed by atoms with Crippen LogP contribution in [0.15, 0.2) is 72.8 Å². The van der Waals surface area contributed by atoms with E-state index in [1.807, 2.05) is 32.0 Å². The maximum absolute atomic E-state index is 14.6. The molecule has 196 valence electrons. The van der Waals surface area contributed by atoms with E-state index in [-0.39, 0.29) is 36.0 Å². The normalized spacial score (nSPS) is 17.2. The lowest BCUT2D eigenvalue weighted by Gasteiger charge is -2.43. The number of halogens is 4. The van der Waals surface area contributed by atoms with Crippen LogP contribution in [0, 0.1) is 19.7 Å². The molecule has 4 aromatic rings. The van der Waals surface area contributed by atoms with Crippen LogP contribution in [0.4, 0.5) is 17.6 Å². The predicted octanol–water partition coefficient (Wildman–Crippen LogP) is 7.48. The summed E-state index contributed by atoms with van der Waals surface area (Å²) in [7, 11) is 0. The maximum Gasteiger partial charge on any atom is 0.573 e. The molecule has 0 N–H and O–H groups in total. The highest BCUT2D eigenvalue weighted by molar-refractivity contribution is 5.98. The molecule has 1 aliphatic rings. The smallest absolute Gasteiger partial charge is 0.406 e. The van der Waals surface area contributed by atoms with Gasteiger partial charge >= 0.3 is 6.36 Å². The quantitative estimate of drug-likeness (QED) is 0.247. The van der Waals surface area contributed by atoms with Gasteiger partial charge in [0.25, 0.3) is 5.91 Å². The van der Waals surface area contributed by atoms with Gasteiger partial charge in [0.05, 0.1) is 5.52 Å². The molecular weight excluding hydrogens is 496 g/mol. The molecule has 38 heavy (non-hydrogen) atoms. The minimum Gasteiger partial charge on any atom is -0.406 e. The summed E-state index contributed by atoms with van der Waals surface area (Å²) >= 11 is 0. The van der Waals surface area contributed by atoms with E-state index in [2.05, 4.69) is 9.72 Å². The van der Waals surface area contributed by atoms with E-state index in [4.69, 9.17) is 0 Å². The van der Waals surface area contributed by atoms with Crippen LogP contribution in [-0.4, -0.2) is 28.2 Å². The largest absolute Gasteiger partial charge is 0.573 e. The number of hydrogen-bond donors (Lipinski definition) is 0. The van der Waals surface area contributed by atoms with Gasteiger partial charge in [0.1, 0.15) is 11.6 Å². The summed E-state index contributed by atoms with van der Waals surface area (Å²) < 4.78 is 55.9. The monoisotopic (exact) mass is 522 g/mol. The van der Waals surface area contributed by atoms with E-state index in [0.717, 1.165) is 27.7 Å². The van der Waals surface area contributed by atoms with E-state index < -0.39 is 6.36 Å². The fraction of sp³-hybridized carbons (Fsp3) is 0.267. The van der Waals surface area contributed by atoms with Gasteiger partial charge in [-0.15, -0.1) is 13.2 Å². The topological polar surface area (TPSA) is 42.4 Å². The van der Waals surface area contributed by atoms with Crippen molar-refractivity contribution >= 4 is 16.8 Å². The number of fused-ring (bicyclic) bond motifs is 1. The Bertz CT molecular complexity index is 1480.